The molecule has 2 heterocycles. The standard InChI is InChI=1S/C25H22N4O3/c1-2-32-25(31)21-12-13-23(26-15-21)29-17-22(16-28-29)24(30)27-14-18-8-10-20(11-9-18)19-6-4-3-5-7-19/h3-13,15-17H,2,14H2,1H3,(H,27,30). The Morgan fingerprint density at radius 1 is 0.906 bits per heavy atom. The lowest BCUT2D eigenvalue weighted by atomic mass is 10.0. The fraction of sp³-hybridized carbons (Fsp3) is 0.120. The summed E-state index contributed by atoms with van der Waals surface area (Å²) in [7, 11) is 0. The fourth-order valence-corrected chi connectivity index (χ4v) is 3.15. The number of aromatic nitrogens is 3. The molecule has 0 saturated carbocycles. The van der Waals surface area contributed by atoms with Gasteiger partial charge in [-0.05, 0) is 35.7 Å². The quantitative estimate of drug-likeness (QED) is 0.451. The molecule has 0 aliphatic heterocycles. The number of amides is 1. The summed E-state index contributed by atoms with van der Waals surface area (Å²) in [5, 5.41) is 7.10. The van der Waals surface area contributed by atoms with Crippen molar-refractivity contribution in [3.63, 3.8) is 0 Å². The van der Waals surface area contributed by atoms with Crippen LogP contribution in [0.5, 0.6) is 0 Å². The van der Waals surface area contributed by atoms with Gasteiger partial charge >= 0.3 is 5.97 Å². The van der Waals surface area contributed by atoms with Gasteiger partial charge in [-0.3, -0.25) is 4.79 Å². The van der Waals surface area contributed by atoms with Crippen molar-refractivity contribution in [2.75, 3.05) is 6.61 Å². The summed E-state index contributed by atoms with van der Waals surface area (Å²) < 4.78 is 6.43. The van der Waals surface area contributed by atoms with Crippen molar-refractivity contribution in [2.24, 2.45) is 0 Å². The van der Waals surface area contributed by atoms with Crippen LogP contribution in [0.15, 0.2) is 85.3 Å². The van der Waals surface area contributed by atoms with Gasteiger partial charge < -0.3 is 10.1 Å². The molecule has 2 aromatic heterocycles. The van der Waals surface area contributed by atoms with Crippen LogP contribution in [0.3, 0.4) is 0 Å². The zero-order chi connectivity index (χ0) is 22.3. The van der Waals surface area contributed by atoms with Crippen molar-refractivity contribution < 1.29 is 14.3 Å². The molecule has 0 radical (unpaired) electrons. The topological polar surface area (TPSA) is 86.1 Å². The third-order valence-electron chi connectivity index (χ3n) is 4.85. The molecule has 0 fully saturated rings. The molecule has 7 nitrogen and oxygen atoms in total. The number of pyridine rings is 1. The largest absolute Gasteiger partial charge is 0.462 e. The Bertz CT molecular complexity index is 1200. The number of nitrogens with one attached hydrogen (secondary N) is 1. The van der Waals surface area contributed by atoms with Crippen LogP contribution in [0.2, 0.25) is 0 Å². The molecule has 32 heavy (non-hydrogen) atoms. The van der Waals surface area contributed by atoms with Crippen molar-refractivity contribution in [1.82, 2.24) is 20.1 Å². The smallest absolute Gasteiger partial charge is 0.339 e. The number of nitrogens with zero attached hydrogens (tertiary/aromatic N) is 3. The van der Waals surface area contributed by atoms with Crippen LogP contribution < -0.4 is 5.32 Å². The maximum Gasteiger partial charge on any atom is 0.339 e. The van der Waals surface area contributed by atoms with Gasteiger partial charge in [-0.25, -0.2) is 14.5 Å². The molecular weight excluding hydrogens is 404 g/mol. The monoisotopic (exact) mass is 426 g/mol. The SMILES string of the molecule is CCOC(=O)c1ccc(-n2cc(C(=O)NCc3ccc(-c4ccccc4)cc3)cn2)nc1. The van der Waals surface area contributed by atoms with E-state index in [4.69, 9.17) is 4.74 Å². The van der Waals surface area contributed by atoms with Crippen LogP contribution in [0, 0.1) is 0 Å². The average Bonchev–Trinajstić information content (AvgIpc) is 3.34. The highest BCUT2D eigenvalue weighted by Crippen LogP contribution is 2.19. The minimum atomic E-state index is -0.427. The Hall–Kier alpha value is -4.26. The van der Waals surface area contributed by atoms with E-state index in [1.54, 1.807) is 25.3 Å². The summed E-state index contributed by atoms with van der Waals surface area (Å²) in [6.45, 7) is 2.46. The second-order valence-electron chi connectivity index (χ2n) is 7.04. The maximum atomic E-state index is 12.5. The third-order valence-corrected chi connectivity index (χ3v) is 4.85. The summed E-state index contributed by atoms with van der Waals surface area (Å²) in [5.41, 5.74) is 4.06. The molecule has 0 atom stereocenters. The van der Waals surface area contributed by atoms with Gasteiger partial charge in [-0.15, -0.1) is 0 Å². The number of hydrogen-bond donors (Lipinski definition) is 1. The first-order valence-electron chi connectivity index (χ1n) is 10.2. The molecule has 1 amide bonds. The normalized spacial score (nSPS) is 10.5. The van der Waals surface area contributed by atoms with E-state index in [9.17, 15) is 9.59 Å². The molecule has 0 aliphatic carbocycles. The molecule has 0 aliphatic rings. The van der Waals surface area contributed by atoms with Gasteiger partial charge in [0.15, 0.2) is 5.82 Å². The Kier molecular flexibility index (Phi) is 6.36. The Morgan fingerprint density at radius 2 is 1.66 bits per heavy atom. The maximum absolute atomic E-state index is 12.5. The number of carbonyl (C=O) groups excluding carboxylic acids is 2. The highest BCUT2D eigenvalue weighted by atomic mass is 16.5. The van der Waals surface area contributed by atoms with E-state index in [2.05, 4.69) is 27.5 Å². The van der Waals surface area contributed by atoms with Crippen molar-refractivity contribution in [3.05, 3.63) is 102 Å². The van der Waals surface area contributed by atoms with E-state index in [-0.39, 0.29) is 5.91 Å². The minimum absolute atomic E-state index is 0.230. The summed E-state index contributed by atoms with van der Waals surface area (Å²) >= 11 is 0. The number of benzene rings is 2. The molecule has 2 aromatic carbocycles. The first-order chi connectivity index (χ1) is 15.6. The van der Waals surface area contributed by atoms with E-state index in [0.29, 0.717) is 30.1 Å². The molecule has 4 rings (SSSR count). The van der Waals surface area contributed by atoms with E-state index in [0.717, 1.165) is 16.7 Å². The fourth-order valence-electron chi connectivity index (χ4n) is 3.15. The predicted molar refractivity (Wildman–Crippen MR) is 120 cm³/mol. The average molecular weight is 426 g/mol. The van der Waals surface area contributed by atoms with Crippen molar-refractivity contribution in [3.8, 4) is 16.9 Å². The lowest BCUT2D eigenvalue weighted by Crippen LogP contribution is -2.22. The highest BCUT2D eigenvalue weighted by molar-refractivity contribution is 5.93. The van der Waals surface area contributed by atoms with Crippen LogP contribution in [0.4, 0.5) is 0 Å². The molecule has 7 heteroatoms. The number of rotatable bonds is 7. The Balaban J connectivity index is 1.36. The van der Waals surface area contributed by atoms with Crippen LogP contribution in [-0.4, -0.2) is 33.2 Å². The summed E-state index contributed by atoms with van der Waals surface area (Å²) in [6.07, 6.45) is 4.50. The van der Waals surface area contributed by atoms with Crippen molar-refractivity contribution in [2.45, 2.75) is 13.5 Å². The Morgan fingerprint density at radius 3 is 2.34 bits per heavy atom. The molecule has 0 spiro atoms. The van der Waals surface area contributed by atoms with Gasteiger partial charge in [-0.1, -0.05) is 54.6 Å². The third kappa shape index (κ3) is 4.89. The van der Waals surface area contributed by atoms with Crippen LogP contribution >= 0.6 is 0 Å². The van der Waals surface area contributed by atoms with Gasteiger partial charge in [0, 0.05) is 18.9 Å². The molecule has 160 valence electrons. The summed E-state index contributed by atoms with van der Waals surface area (Å²) in [6, 6.07) is 21.5. The molecule has 0 bridgehead atoms. The van der Waals surface area contributed by atoms with Gasteiger partial charge in [-0.2, -0.15) is 5.10 Å². The van der Waals surface area contributed by atoms with Gasteiger partial charge in [0.25, 0.3) is 5.91 Å². The molecule has 1 N–H and O–H groups in total. The zero-order valence-corrected chi connectivity index (χ0v) is 17.6. The molecule has 4 aromatic rings. The first kappa shape index (κ1) is 21.0. The second kappa shape index (κ2) is 9.70. The van der Waals surface area contributed by atoms with Crippen molar-refractivity contribution >= 4 is 11.9 Å². The van der Waals surface area contributed by atoms with Crippen molar-refractivity contribution in [1.29, 1.82) is 0 Å². The first-order valence-corrected chi connectivity index (χ1v) is 10.2. The Labute approximate surface area is 185 Å². The van der Waals surface area contributed by atoms with Crippen LogP contribution in [-0.2, 0) is 11.3 Å². The van der Waals surface area contributed by atoms with Crippen LogP contribution in [0.25, 0.3) is 16.9 Å². The number of esters is 1. The zero-order valence-electron chi connectivity index (χ0n) is 17.6. The molecular formula is C25H22N4O3. The highest BCUT2D eigenvalue weighted by Gasteiger charge is 2.11. The summed E-state index contributed by atoms with van der Waals surface area (Å²) in [5.74, 6) is -0.163. The van der Waals surface area contributed by atoms with E-state index in [1.807, 2.05) is 42.5 Å². The van der Waals surface area contributed by atoms with E-state index < -0.39 is 5.97 Å². The second-order valence-corrected chi connectivity index (χ2v) is 7.04. The number of hydrogen-bond acceptors (Lipinski definition) is 5. The number of ether oxygens (including phenoxy) is 1. The lowest BCUT2D eigenvalue weighted by molar-refractivity contribution is 0.0525. The van der Waals surface area contributed by atoms with Gasteiger partial charge in [0.1, 0.15) is 0 Å². The van der Waals surface area contributed by atoms with Crippen LogP contribution in [0.1, 0.15) is 33.2 Å². The van der Waals surface area contributed by atoms with E-state index >= 15 is 0 Å². The molecule has 0 saturated heterocycles. The van der Waals surface area contributed by atoms with Gasteiger partial charge in [0.2, 0.25) is 0 Å². The summed E-state index contributed by atoms with van der Waals surface area (Å²) in [4.78, 5) is 28.5. The molecule has 0 unspecified atom stereocenters. The minimum Gasteiger partial charge on any atom is -0.462 e. The predicted octanol–water partition coefficient (Wildman–Crippen LogP) is 4.04. The number of carbonyl (C=O) groups is 2. The lowest BCUT2D eigenvalue weighted by Gasteiger charge is -2.06. The van der Waals surface area contributed by atoms with E-state index in [1.165, 1.54) is 17.1 Å². The van der Waals surface area contributed by atoms with Gasteiger partial charge in [0.05, 0.1) is 23.9 Å².